The van der Waals surface area contributed by atoms with Gasteiger partial charge in [-0.05, 0) is 0 Å². The standard InChI is InChI=1S/C4H7BrNO/c5-4-3-7-2-1-6-4/h4H,1-3H2. The van der Waals surface area contributed by atoms with Crippen molar-refractivity contribution in [2.75, 3.05) is 19.8 Å². The molecule has 1 atom stereocenters. The topological polar surface area (TPSA) is 23.3 Å². The quantitative estimate of drug-likeness (QED) is 0.375. The van der Waals surface area contributed by atoms with E-state index in [-0.39, 0.29) is 4.95 Å². The third kappa shape index (κ3) is 1.76. The van der Waals surface area contributed by atoms with E-state index < -0.39 is 0 Å². The fourth-order valence-corrected chi connectivity index (χ4v) is 0.882. The molecule has 1 rings (SSSR count). The summed E-state index contributed by atoms with van der Waals surface area (Å²) in [6.07, 6.45) is 0. The Morgan fingerprint density at radius 2 is 2.57 bits per heavy atom. The van der Waals surface area contributed by atoms with Crippen LogP contribution in [0.25, 0.3) is 0 Å². The number of morpholine rings is 1. The first-order chi connectivity index (χ1) is 3.39. The molecule has 7 heavy (non-hydrogen) atoms. The van der Waals surface area contributed by atoms with Crippen LogP contribution in [-0.4, -0.2) is 24.7 Å². The van der Waals surface area contributed by atoms with Crippen LogP contribution in [0.15, 0.2) is 0 Å². The second kappa shape index (κ2) is 2.64. The van der Waals surface area contributed by atoms with Crippen LogP contribution in [0.2, 0.25) is 0 Å². The highest BCUT2D eigenvalue weighted by molar-refractivity contribution is 9.09. The van der Waals surface area contributed by atoms with Gasteiger partial charge in [0.25, 0.3) is 0 Å². The van der Waals surface area contributed by atoms with Gasteiger partial charge in [-0.2, -0.15) is 0 Å². The molecule has 1 unspecified atom stereocenters. The third-order valence-electron chi connectivity index (χ3n) is 0.818. The summed E-state index contributed by atoms with van der Waals surface area (Å²) in [7, 11) is 0. The van der Waals surface area contributed by atoms with E-state index in [9.17, 15) is 0 Å². The molecule has 1 heterocycles. The Kier molecular flexibility index (Phi) is 2.09. The van der Waals surface area contributed by atoms with Gasteiger partial charge >= 0.3 is 0 Å². The lowest BCUT2D eigenvalue weighted by Crippen LogP contribution is -2.30. The van der Waals surface area contributed by atoms with E-state index in [1.54, 1.807) is 0 Å². The van der Waals surface area contributed by atoms with E-state index in [4.69, 9.17) is 4.74 Å². The van der Waals surface area contributed by atoms with Gasteiger partial charge in [-0.15, -0.1) is 0 Å². The van der Waals surface area contributed by atoms with Gasteiger partial charge in [0.05, 0.1) is 13.2 Å². The van der Waals surface area contributed by atoms with E-state index in [0.717, 1.165) is 19.8 Å². The molecule has 0 saturated carbocycles. The number of nitrogens with zero attached hydrogens (tertiary/aromatic N) is 1. The van der Waals surface area contributed by atoms with Crippen LogP contribution in [0.4, 0.5) is 0 Å². The predicted molar refractivity (Wildman–Crippen MR) is 30.5 cm³/mol. The zero-order valence-electron chi connectivity index (χ0n) is 3.93. The van der Waals surface area contributed by atoms with Crippen LogP contribution in [0, 0.1) is 0 Å². The Bertz CT molecular complexity index is 53.7. The van der Waals surface area contributed by atoms with Crippen LogP contribution < -0.4 is 5.32 Å². The Labute approximate surface area is 51.4 Å². The number of alkyl halides is 1. The van der Waals surface area contributed by atoms with Crippen molar-refractivity contribution in [2.24, 2.45) is 0 Å². The average Bonchev–Trinajstić information content (AvgIpc) is 1.69. The van der Waals surface area contributed by atoms with Crippen LogP contribution in [0.5, 0.6) is 0 Å². The molecule has 0 spiro atoms. The Hall–Kier alpha value is 0.400. The Morgan fingerprint density at radius 3 is 2.86 bits per heavy atom. The lowest BCUT2D eigenvalue weighted by molar-refractivity contribution is 0.100. The van der Waals surface area contributed by atoms with Crippen molar-refractivity contribution in [3.8, 4) is 0 Å². The molecule has 3 heteroatoms. The first kappa shape index (κ1) is 5.54. The van der Waals surface area contributed by atoms with Crippen molar-refractivity contribution in [1.29, 1.82) is 0 Å². The van der Waals surface area contributed by atoms with E-state index in [1.165, 1.54) is 0 Å². The van der Waals surface area contributed by atoms with Crippen LogP contribution in [0.1, 0.15) is 0 Å². The van der Waals surface area contributed by atoms with E-state index >= 15 is 0 Å². The summed E-state index contributed by atoms with van der Waals surface area (Å²) >= 11 is 3.30. The highest BCUT2D eigenvalue weighted by Gasteiger charge is 2.08. The molecule has 2 nitrogen and oxygen atoms in total. The molecule has 1 radical (unpaired) electrons. The molecule has 0 bridgehead atoms. The highest BCUT2D eigenvalue weighted by Crippen LogP contribution is 2.00. The van der Waals surface area contributed by atoms with Crippen LogP contribution in [0.3, 0.4) is 0 Å². The first-order valence-corrected chi connectivity index (χ1v) is 3.19. The fourth-order valence-electron chi connectivity index (χ4n) is 0.491. The van der Waals surface area contributed by atoms with Crippen molar-refractivity contribution < 1.29 is 4.74 Å². The van der Waals surface area contributed by atoms with Gasteiger partial charge in [0, 0.05) is 6.54 Å². The molecule has 1 fully saturated rings. The molecule has 1 aliphatic rings. The molecule has 41 valence electrons. The molecule has 0 aromatic heterocycles. The molecule has 0 N–H and O–H groups in total. The summed E-state index contributed by atoms with van der Waals surface area (Å²) < 4.78 is 5.04. The summed E-state index contributed by atoms with van der Waals surface area (Å²) in [4.78, 5) is 0.251. The zero-order chi connectivity index (χ0) is 5.11. The second-order valence-electron chi connectivity index (χ2n) is 1.42. The van der Waals surface area contributed by atoms with Gasteiger partial charge in [-0.25, -0.2) is 5.32 Å². The molecule has 0 aliphatic carbocycles. The summed E-state index contributed by atoms with van der Waals surface area (Å²) in [5, 5.41) is 4.12. The van der Waals surface area contributed by atoms with Crippen molar-refractivity contribution in [2.45, 2.75) is 4.95 Å². The van der Waals surface area contributed by atoms with E-state index in [1.807, 2.05) is 0 Å². The summed E-state index contributed by atoms with van der Waals surface area (Å²) in [6, 6.07) is 0. The Balaban J connectivity index is 2.12. The van der Waals surface area contributed by atoms with Crippen molar-refractivity contribution in [3.63, 3.8) is 0 Å². The second-order valence-corrected chi connectivity index (χ2v) is 2.47. The average molecular weight is 165 g/mol. The number of hydrogen-bond donors (Lipinski definition) is 0. The van der Waals surface area contributed by atoms with E-state index in [0.29, 0.717) is 0 Å². The number of hydrogen-bond acceptors (Lipinski definition) is 1. The predicted octanol–water partition coefficient (Wildman–Crippen LogP) is 0.342. The summed E-state index contributed by atoms with van der Waals surface area (Å²) in [5.41, 5.74) is 0. The molecule has 0 aromatic rings. The van der Waals surface area contributed by atoms with Gasteiger partial charge in [-0.1, -0.05) is 15.9 Å². The maximum absolute atomic E-state index is 5.04. The normalized spacial score (nSPS) is 33.0. The Morgan fingerprint density at radius 1 is 1.71 bits per heavy atom. The number of halogens is 1. The number of ether oxygens (including phenoxy) is 1. The van der Waals surface area contributed by atoms with E-state index in [2.05, 4.69) is 21.2 Å². The van der Waals surface area contributed by atoms with Gasteiger partial charge < -0.3 is 4.74 Å². The molecular formula is C4H7BrNO. The van der Waals surface area contributed by atoms with Crippen molar-refractivity contribution in [3.05, 3.63) is 0 Å². The maximum atomic E-state index is 5.04. The SMILES string of the molecule is BrC1COCC[N]1. The molecule has 0 aromatic carbocycles. The zero-order valence-corrected chi connectivity index (χ0v) is 5.52. The fraction of sp³-hybridized carbons (Fsp3) is 1.00. The largest absolute Gasteiger partial charge is 0.377 e. The summed E-state index contributed by atoms with van der Waals surface area (Å²) in [6.45, 7) is 2.37. The maximum Gasteiger partial charge on any atom is 0.103 e. The molecular weight excluding hydrogens is 158 g/mol. The first-order valence-electron chi connectivity index (χ1n) is 2.28. The number of rotatable bonds is 0. The van der Waals surface area contributed by atoms with Crippen LogP contribution in [-0.2, 0) is 4.74 Å². The van der Waals surface area contributed by atoms with Gasteiger partial charge in [0.15, 0.2) is 0 Å². The minimum absolute atomic E-state index is 0.251. The minimum atomic E-state index is 0.251. The van der Waals surface area contributed by atoms with Gasteiger partial charge in [0.1, 0.15) is 4.95 Å². The van der Waals surface area contributed by atoms with Gasteiger partial charge in [0.2, 0.25) is 0 Å². The minimum Gasteiger partial charge on any atom is -0.377 e. The van der Waals surface area contributed by atoms with Gasteiger partial charge in [-0.3, -0.25) is 0 Å². The lowest BCUT2D eigenvalue weighted by atomic mass is 10.5. The lowest BCUT2D eigenvalue weighted by Gasteiger charge is -2.15. The molecule has 0 amide bonds. The highest BCUT2D eigenvalue weighted by atomic mass is 79.9. The molecule has 1 saturated heterocycles. The van der Waals surface area contributed by atoms with Crippen molar-refractivity contribution in [1.82, 2.24) is 5.32 Å². The third-order valence-corrected chi connectivity index (χ3v) is 1.37. The van der Waals surface area contributed by atoms with Crippen LogP contribution >= 0.6 is 15.9 Å². The van der Waals surface area contributed by atoms with Crippen molar-refractivity contribution >= 4 is 15.9 Å². The monoisotopic (exact) mass is 164 g/mol. The smallest absolute Gasteiger partial charge is 0.103 e. The molecule has 1 aliphatic heterocycles. The summed E-state index contributed by atoms with van der Waals surface area (Å²) in [5.74, 6) is 0.